The molecule has 0 N–H and O–H groups in total. The Balaban J connectivity index is 0. The van der Waals surface area contributed by atoms with E-state index in [1.54, 1.807) is 0 Å². The third kappa shape index (κ3) is 29.8. The molecule has 0 aromatic carbocycles. The van der Waals surface area contributed by atoms with Crippen molar-refractivity contribution in [2.45, 2.75) is 105 Å². The van der Waals surface area contributed by atoms with Crippen molar-refractivity contribution >= 4 is 0 Å². The Kier molecular flexibility index (Phi) is 30.1. The van der Waals surface area contributed by atoms with E-state index in [1.807, 2.05) is 0 Å². The van der Waals surface area contributed by atoms with Gasteiger partial charge >= 0.3 is 0 Å². The molecule has 0 aliphatic heterocycles. The van der Waals surface area contributed by atoms with Crippen molar-refractivity contribution < 1.29 is 19.6 Å². The summed E-state index contributed by atoms with van der Waals surface area (Å²) >= 11 is 0. The molecule has 0 heterocycles. The van der Waals surface area contributed by atoms with E-state index in [-0.39, 0.29) is 0 Å². The molecule has 0 spiro atoms. The summed E-state index contributed by atoms with van der Waals surface area (Å²) in [6.07, 6.45) is 14.3. The van der Waals surface area contributed by atoms with E-state index in [2.05, 4.69) is 27.7 Å². The van der Waals surface area contributed by atoms with E-state index >= 15 is 0 Å². The zero-order valence-corrected chi connectivity index (χ0v) is 16.9. The molecule has 0 saturated heterocycles. The van der Waals surface area contributed by atoms with Crippen LogP contribution >= 0.6 is 0 Å². The van der Waals surface area contributed by atoms with Crippen molar-refractivity contribution in [3.8, 4) is 0 Å². The number of rotatable bonds is 18. The maximum absolute atomic E-state index is 4.98. The maximum atomic E-state index is 4.98. The number of unbranched alkanes of at least 4 members (excludes halogenated alkanes) is 8. The molecular weight excluding hydrogens is 304 g/mol. The molecular formula is C20H44O4. The lowest BCUT2D eigenvalue weighted by Gasteiger charge is -2.02. The smallest absolute Gasteiger partial charge is 0.0822 e. The van der Waals surface area contributed by atoms with Crippen molar-refractivity contribution in [2.75, 3.05) is 26.4 Å². The largest absolute Gasteiger partial charge is 0.237 e. The van der Waals surface area contributed by atoms with Crippen LogP contribution in [0.5, 0.6) is 0 Å². The minimum absolute atomic E-state index is 0.750. The Morgan fingerprint density at radius 2 is 0.542 bits per heavy atom. The zero-order valence-electron chi connectivity index (χ0n) is 16.9. The van der Waals surface area contributed by atoms with Crippen LogP contribution in [0.3, 0.4) is 0 Å². The monoisotopic (exact) mass is 348 g/mol. The molecule has 0 aromatic rings. The second-order valence-electron chi connectivity index (χ2n) is 6.12. The number of hydrogen-bond donors (Lipinski definition) is 0. The van der Waals surface area contributed by atoms with Crippen LogP contribution in [0.2, 0.25) is 0 Å². The molecule has 0 aliphatic rings. The second kappa shape index (κ2) is 27.7. The molecule has 0 atom stereocenters. The van der Waals surface area contributed by atoms with E-state index in [4.69, 9.17) is 19.6 Å². The molecule has 4 nitrogen and oxygen atoms in total. The first-order valence-corrected chi connectivity index (χ1v) is 10.3. The van der Waals surface area contributed by atoms with E-state index < -0.39 is 0 Å². The molecule has 0 fully saturated rings. The zero-order chi connectivity index (χ0) is 18.1. The Morgan fingerprint density at radius 3 is 0.708 bits per heavy atom. The van der Waals surface area contributed by atoms with Gasteiger partial charge in [0.05, 0.1) is 26.4 Å². The van der Waals surface area contributed by atoms with Gasteiger partial charge in [-0.05, 0) is 25.7 Å². The standard InChI is InChI=1S/2C10H22O2/c2*1-3-5-7-9-11-12-10-8-6-4-2/h2*3-10H2,1-2H3. The van der Waals surface area contributed by atoms with Gasteiger partial charge in [-0.15, -0.1) is 0 Å². The van der Waals surface area contributed by atoms with Crippen LogP contribution < -0.4 is 0 Å². The summed E-state index contributed by atoms with van der Waals surface area (Å²) in [5, 5.41) is 0. The van der Waals surface area contributed by atoms with Crippen LogP contribution in [0.1, 0.15) is 105 Å². The predicted molar refractivity (Wildman–Crippen MR) is 102 cm³/mol. The summed E-state index contributed by atoms with van der Waals surface area (Å²) < 4.78 is 0. The van der Waals surface area contributed by atoms with Crippen LogP contribution in [-0.4, -0.2) is 26.4 Å². The molecule has 0 bridgehead atoms. The lowest BCUT2D eigenvalue weighted by molar-refractivity contribution is -0.295. The predicted octanol–water partition coefficient (Wildman–Crippen LogP) is 6.63. The molecule has 148 valence electrons. The minimum Gasteiger partial charge on any atom is -0.237 e. The molecule has 0 rings (SSSR count). The average Bonchev–Trinajstić information content (AvgIpc) is 2.60. The first-order chi connectivity index (χ1) is 11.8. The summed E-state index contributed by atoms with van der Waals surface area (Å²) in [7, 11) is 0. The van der Waals surface area contributed by atoms with Gasteiger partial charge in [-0.1, -0.05) is 79.1 Å². The first-order valence-electron chi connectivity index (χ1n) is 10.3. The van der Waals surface area contributed by atoms with Crippen molar-refractivity contribution in [2.24, 2.45) is 0 Å². The van der Waals surface area contributed by atoms with Crippen molar-refractivity contribution in [3.63, 3.8) is 0 Å². The summed E-state index contributed by atoms with van der Waals surface area (Å²) in [6, 6.07) is 0. The Labute approximate surface area is 151 Å². The summed E-state index contributed by atoms with van der Waals surface area (Å²) in [6.45, 7) is 11.7. The van der Waals surface area contributed by atoms with Gasteiger partial charge in [-0.25, -0.2) is 19.6 Å². The Bertz CT molecular complexity index is 148. The molecule has 0 unspecified atom stereocenters. The SMILES string of the molecule is CCCCCOOCCCCC.CCCCCOOCCCCC. The van der Waals surface area contributed by atoms with Gasteiger partial charge in [0.1, 0.15) is 0 Å². The highest BCUT2D eigenvalue weighted by atomic mass is 17.2. The molecule has 0 amide bonds. The Morgan fingerprint density at radius 1 is 0.333 bits per heavy atom. The van der Waals surface area contributed by atoms with Crippen molar-refractivity contribution in [3.05, 3.63) is 0 Å². The highest BCUT2D eigenvalue weighted by Crippen LogP contribution is 1.98. The van der Waals surface area contributed by atoms with E-state index in [9.17, 15) is 0 Å². The molecule has 0 aromatic heterocycles. The first kappa shape index (κ1) is 26.1. The van der Waals surface area contributed by atoms with Gasteiger partial charge in [0.25, 0.3) is 0 Å². The third-order valence-corrected chi connectivity index (χ3v) is 3.49. The van der Waals surface area contributed by atoms with Crippen LogP contribution in [0, 0.1) is 0 Å². The fraction of sp³-hybridized carbons (Fsp3) is 1.00. The van der Waals surface area contributed by atoms with Gasteiger partial charge in [-0.2, -0.15) is 0 Å². The van der Waals surface area contributed by atoms with E-state index in [0.29, 0.717) is 0 Å². The lowest BCUT2D eigenvalue weighted by atomic mass is 10.3. The van der Waals surface area contributed by atoms with E-state index in [1.165, 1.54) is 51.4 Å². The molecule has 0 radical (unpaired) electrons. The quantitative estimate of drug-likeness (QED) is 0.158. The summed E-state index contributed by atoms with van der Waals surface area (Å²) in [5.41, 5.74) is 0. The lowest BCUT2D eigenvalue weighted by Crippen LogP contribution is -1.98. The fourth-order valence-corrected chi connectivity index (χ4v) is 1.88. The Hall–Kier alpha value is -0.160. The minimum atomic E-state index is 0.750. The van der Waals surface area contributed by atoms with Gasteiger partial charge in [0, 0.05) is 0 Å². The summed E-state index contributed by atoms with van der Waals surface area (Å²) in [4.78, 5) is 19.9. The van der Waals surface area contributed by atoms with Gasteiger partial charge in [0.15, 0.2) is 0 Å². The second-order valence-corrected chi connectivity index (χ2v) is 6.12. The maximum Gasteiger partial charge on any atom is 0.0822 e. The van der Waals surface area contributed by atoms with E-state index in [0.717, 1.165) is 52.1 Å². The van der Waals surface area contributed by atoms with Crippen LogP contribution in [-0.2, 0) is 19.6 Å². The van der Waals surface area contributed by atoms with Gasteiger partial charge in [-0.3, -0.25) is 0 Å². The van der Waals surface area contributed by atoms with Gasteiger partial charge in [0.2, 0.25) is 0 Å². The van der Waals surface area contributed by atoms with Crippen molar-refractivity contribution in [1.29, 1.82) is 0 Å². The van der Waals surface area contributed by atoms with Crippen molar-refractivity contribution in [1.82, 2.24) is 0 Å². The van der Waals surface area contributed by atoms with Gasteiger partial charge < -0.3 is 0 Å². The van der Waals surface area contributed by atoms with Crippen LogP contribution in [0.4, 0.5) is 0 Å². The molecule has 0 aliphatic carbocycles. The van der Waals surface area contributed by atoms with Crippen LogP contribution in [0.25, 0.3) is 0 Å². The van der Waals surface area contributed by atoms with Crippen LogP contribution in [0.15, 0.2) is 0 Å². The summed E-state index contributed by atoms with van der Waals surface area (Å²) in [5.74, 6) is 0. The molecule has 4 heteroatoms. The normalized spacial score (nSPS) is 10.5. The molecule has 0 saturated carbocycles. The average molecular weight is 349 g/mol. The highest BCUT2D eigenvalue weighted by molar-refractivity contribution is 4.35. The topological polar surface area (TPSA) is 36.9 Å². The number of hydrogen-bond acceptors (Lipinski definition) is 4. The third-order valence-electron chi connectivity index (χ3n) is 3.49. The fourth-order valence-electron chi connectivity index (χ4n) is 1.88. The molecule has 24 heavy (non-hydrogen) atoms. The highest BCUT2D eigenvalue weighted by Gasteiger charge is 1.90.